The minimum absolute atomic E-state index is 0.0756. The predicted molar refractivity (Wildman–Crippen MR) is 165 cm³/mol. The van der Waals surface area contributed by atoms with Gasteiger partial charge in [0.2, 0.25) is 0 Å². The van der Waals surface area contributed by atoms with E-state index in [9.17, 15) is 9.59 Å². The summed E-state index contributed by atoms with van der Waals surface area (Å²) in [5, 5.41) is 5.12. The van der Waals surface area contributed by atoms with E-state index in [1.165, 1.54) is 0 Å². The number of rotatable bonds is 3. The molecule has 5 heterocycles. The van der Waals surface area contributed by atoms with Gasteiger partial charge in [-0.15, -0.1) is 0 Å². The van der Waals surface area contributed by atoms with Crippen molar-refractivity contribution in [2.24, 2.45) is 0 Å². The molecule has 0 aliphatic carbocycles. The topological polar surface area (TPSA) is 77.7 Å². The molecule has 8 heteroatoms. The summed E-state index contributed by atoms with van der Waals surface area (Å²) in [4.78, 5) is 29.2. The van der Waals surface area contributed by atoms with Crippen LogP contribution in [0, 0.1) is 0 Å². The molecule has 8 rings (SSSR count). The molecule has 216 valence electrons. The second-order valence-corrected chi connectivity index (χ2v) is 11.8. The molecule has 2 aromatic heterocycles. The fraction of sp³-hybridized carbons (Fsp3) is 0.257. The number of nitrogens with one attached hydrogen (secondary N) is 1. The smallest absolute Gasteiger partial charge is 0.253 e. The van der Waals surface area contributed by atoms with E-state index >= 15 is 0 Å². The number of amides is 2. The lowest BCUT2D eigenvalue weighted by atomic mass is 9.91. The van der Waals surface area contributed by atoms with Gasteiger partial charge in [-0.2, -0.15) is 0 Å². The van der Waals surface area contributed by atoms with E-state index in [0.29, 0.717) is 24.1 Å². The van der Waals surface area contributed by atoms with Crippen molar-refractivity contribution in [2.75, 3.05) is 20.7 Å². The Morgan fingerprint density at radius 3 is 2.37 bits per heavy atom. The molecule has 8 nitrogen and oxygen atoms in total. The van der Waals surface area contributed by atoms with Gasteiger partial charge < -0.3 is 28.8 Å². The molecular weight excluding hydrogens is 540 g/mol. The van der Waals surface area contributed by atoms with Gasteiger partial charge in [0, 0.05) is 67.0 Å². The zero-order valence-electron chi connectivity index (χ0n) is 24.3. The number of likely N-dealkylation sites (N-methyl/N-ethyl adjacent to an activating group) is 1. The molecule has 3 aliphatic rings. The number of hydrogen-bond acceptors (Lipinski definition) is 4. The number of ether oxygens (including phenoxy) is 2. The molecule has 0 saturated carbocycles. The van der Waals surface area contributed by atoms with E-state index in [0.717, 1.165) is 38.5 Å². The fourth-order valence-corrected chi connectivity index (χ4v) is 7.54. The van der Waals surface area contributed by atoms with Crippen LogP contribution in [0.25, 0.3) is 33.0 Å². The van der Waals surface area contributed by atoms with Gasteiger partial charge in [0.15, 0.2) is 5.72 Å². The van der Waals surface area contributed by atoms with Crippen LogP contribution in [0.3, 0.4) is 0 Å². The van der Waals surface area contributed by atoms with Crippen LogP contribution in [0.15, 0.2) is 91.3 Å². The molecule has 0 radical (unpaired) electrons. The highest BCUT2D eigenvalue weighted by Crippen LogP contribution is 2.48. The lowest BCUT2D eigenvalue weighted by Gasteiger charge is -2.51. The van der Waals surface area contributed by atoms with Crippen LogP contribution in [-0.4, -0.2) is 58.7 Å². The van der Waals surface area contributed by atoms with Crippen LogP contribution in [0.1, 0.15) is 41.1 Å². The van der Waals surface area contributed by atoms with E-state index in [-0.39, 0.29) is 17.9 Å². The lowest BCUT2D eigenvalue weighted by Crippen LogP contribution is -2.61. The lowest BCUT2D eigenvalue weighted by molar-refractivity contribution is -0.268. The first-order chi connectivity index (χ1) is 20.9. The van der Waals surface area contributed by atoms with Crippen molar-refractivity contribution in [2.45, 2.75) is 37.4 Å². The van der Waals surface area contributed by atoms with E-state index in [2.05, 4.69) is 58.0 Å². The summed E-state index contributed by atoms with van der Waals surface area (Å²) in [6.45, 7) is 2.49. The third-order valence-corrected chi connectivity index (χ3v) is 9.58. The van der Waals surface area contributed by atoms with Crippen molar-refractivity contribution < 1.29 is 19.1 Å². The molecule has 2 amide bonds. The Hall–Kier alpha value is -4.66. The van der Waals surface area contributed by atoms with Gasteiger partial charge in [0.05, 0.1) is 22.6 Å². The van der Waals surface area contributed by atoms with Gasteiger partial charge in [-0.25, -0.2) is 0 Å². The van der Waals surface area contributed by atoms with Crippen molar-refractivity contribution in [3.05, 3.63) is 108 Å². The summed E-state index contributed by atoms with van der Waals surface area (Å²) in [6.07, 6.45) is 3.68. The van der Waals surface area contributed by atoms with Gasteiger partial charge in [-0.05, 0) is 36.8 Å². The number of hydrogen-bond donors (Lipinski definition) is 1. The maximum Gasteiger partial charge on any atom is 0.253 e. The maximum atomic E-state index is 13.9. The predicted octanol–water partition coefficient (Wildman–Crippen LogP) is 5.40. The SMILES string of the molecule is CO[C@@H]1[C@H](N(C)C(=O)c2ccccc2)C[C@H]2O[C@]1(C)n1cc(c3ccccc31)C1=C(C(=O)NC1)c1cn2c2ccccc12. The molecule has 1 fully saturated rings. The van der Waals surface area contributed by atoms with E-state index in [1.54, 1.807) is 7.11 Å². The average molecular weight is 573 g/mol. The monoisotopic (exact) mass is 572 g/mol. The number of para-hydroxylation sites is 2. The molecule has 43 heavy (non-hydrogen) atoms. The van der Waals surface area contributed by atoms with Crippen LogP contribution >= 0.6 is 0 Å². The molecule has 5 aromatic rings. The largest absolute Gasteiger partial charge is 0.374 e. The number of aromatic nitrogens is 2. The fourth-order valence-electron chi connectivity index (χ4n) is 7.54. The minimum atomic E-state index is -1.02. The highest BCUT2D eigenvalue weighted by Gasteiger charge is 2.52. The van der Waals surface area contributed by atoms with E-state index in [4.69, 9.17) is 9.47 Å². The zero-order valence-corrected chi connectivity index (χ0v) is 24.3. The summed E-state index contributed by atoms with van der Waals surface area (Å²) in [7, 11) is 3.54. The first-order valence-electron chi connectivity index (χ1n) is 14.7. The highest BCUT2D eigenvalue weighted by molar-refractivity contribution is 6.33. The highest BCUT2D eigenvalue weighted by atomic mass is 16.6. The second-order valence-electron chi connectivity index (χ2n) is 11.8. The standard InChI is InChI=1S/C35H32N4O4/c1-35-32(42-3)29(37(2)34(41)21-11-5-4-6-12-21)17-30(43-35)38-19-26(23-14-7-9-15-27(23)38)31-24(18-36-33(31)40)25-20-39(35)28-16-10-8-13-22(25)28/h4-16,19-20,29-30,32H,17-18H2,1-3H3,(H,36,40)/t29-,30-,32-,35+/m1/s1. The Labute approximate surface area is 249 Å². The summed E-state index contributed by atoms with van der Waals surface area (Å²) >= 11 is 0. The maximum absolute atomic E-state index is 13.9. The Kier molecular flexibility index (Phi) is 5.70. The molecule has 0 unspecified atom stereocenters. The second kappa shape index (κ2) is 9.42. The zero-order chi connectivity index (χ0) is 29.5. The number of benzene rings is 3. The first kappa shape index (κ1) is 26.0. The molecule has 3 aliphatic heterocycles. The van der Waals surface area contributed by atoms with Gasteiger partial charge in [-0.1, -0.05) is 54.6 Å². The quantitative estimate of drug-likeness (QED) is 0.314. The number of methoxy groups -OCH3 is 1. The number of carbonyl (C=O) groups is 2. The third kappa shape index (κ3) is 3.63. The van der Waals surface area contributed by atoms with Crippen molar-refractivity contribution in [3.8, 4) is 0 Å². The Balaban J connectivity index is 1.42. The van der Waals surface area contributed by atoms with Crippen LogP contribution < -0.4 is 5.32 Å². The molecular formula is C35H32N4O4. The van der Waals surface area contributed by atoms with Crippen molar-refractivity contribution in [1.82, 2.24) is 19.4 Å². The van der Waals surface area contributed by atoms with Crippen LogP contribution in [0.2, 0.25) is 0 Å². The summed E-state index contributed by atoms with van der Waals surface area (Å²) in [6, 6.07) is 25.4. The van der Waals surface area contributed by atoms with Crippen LogP contribution in [-0.2, 0) is 20.0 Å². The molecule has 0 spiro atoms. The van der Waals surface area contributed by atoms with Gasteiger partial charge in [0.25, 0.3) is 11.8 Å². The average Bonchev–Trinajstić information content (AvgIpc) is 3.73. The molecule has 1 N–H and O–H groups in total. The molecule has 4 atom stereocenters. The Bertz CT molecular complexity index is 1970. The summed E-state index contributed by atoms with van der Waals surface area (Å²) in [5.74, 6) is -0.154. The minimum Gasteiger partial charge on any atom is -0.374 e. The van der Waals surface area contributed by atoms with Gasteiger partial charge >= 0.3 is 0 Å². The number of fused-ring (bicyclic) bond motifs is 16. The Morgan fingerprint density at radius 1 is 0.953 bits per heavy atom. The molecule has 6 bridgehead atoms. The van der Waals surface area contributed by atoms with Crippen molar-refractivity contribution >= 4 is 44.8 Å². The Morgan fingerprint density at radius 2 is 1.63 bits per heavy atom. The van der Waals surface area contributed by atoms with Crippen LogP contribution in [0.4, 0.5) is 0 Å². The summed E-state index contributed by atoms with van der Waals surface area (Å²) in [5.41, 5.74) is 5.06. The molecule has 1 saturated heterocycles. The van der Waals surface area contributed by atoms with Gasteiger partial charge in [-0.3, -0.25) is 9.59 Å². The first-order valence-corrected chi connectivity index (χ1v) is 14.7. The molecule has 3 aromatic carbocycles. The van der Waals surface area contributed by atoms with E-state index < -0.39 is 18.1 Å². The van der Waals surface area contributed by atoms with Crippen LogP contribution in [0.5, 0.6) is 0 Å². The van der Waals surface area contributed by atoms with Gasteiger partial charge in [0.1, 0.15) is 12.3 Å². The van der Waals surface area contributed by atoms with Crippen molar-refractivity contribution in [3.63, 3.8) is 0 Å². The number of nitrogens with zero attached hydrogens (tertiary/aromatic N) is 3. The third-order valence-electron chi connectivity index (χ3n) is 9.58. The normalized spacial score (nSPS) is 24.5. The summed E-state index contributed by atoms with van der Waals surface area (Å²) < 4.78 is 17.8. The number of carbonyl (C=O) groups excluding carboxylic acids is 2. The van der Waals surface area contributed by atoms with Crippen molar-refractivity contribution in [1.29, 1.82) is 0 Å². The van der Waals surface area contributed by atoms with E-state index in [1.807, 2.05) is 66.5 Å².